The predicted molar refractivity (Wildman–Crippen MR) is 276 cm³/mol. The highest BCUT2D eigenvalue weighted by atomic mass is 16.5. The lowest BCUT2D eigenvalue weighted by atomic mass is 9.32. The molecule has 0 aromatic heterocycles. The number of unbranched alkanes of at least 4 members (excludes halogenated alkanes) is 26. The summed E-state index contributed by atoms with van der Waals surface area (Å²) in [6.45, 7) is 23.0. The van der Waals surface area contributed by atoms with E-state index in [-0.39, 0.29) is 39.1 Å². The number of aliphatic hydroxyl groups is 1. The Bertz CT molecular complexity index is 1390. The van der Waals surface area contributed by atoms with Crippen molar-refractivity contribution in [3.8, 4) is 0 Å². The minimum absolute atomic E-state index is 0.0142. The van der Waals surface area contributed by atoms with Crippen LogP contribution in [0.5, 0.6) is 0 Å². The van der Waals surface area contributed by atoms with Gasteiger partial charge in [-0.3, -0.25) is 4.79 Å². The minimum atomic E-state index is -0.0142. The zero-order valence-corrected chi connectivity index (χ0v) is 44.6. The molecule has 1 N–H and O–H groups in total. The van der Waals surface area contributed by atoms with Crippen LogP contribution >= 0.6 is 0 Å². The first-order valence-corrected chi connectivity index (χ1v) is 29.1. The second-order valence-electron chi connectivity index (χ2n) is 26.0. The second kappa shape index (κ2) is 25.2. The molecule has 372 valence electrons. The summed E-state index contributed by atoms with van der Waals surface area (Å²) in [7, 11) is 0. The largest absolute Gasteiger partial charge is 0.462 e. The summed E-state index contributed by atoms with van der Waals surface area (Å²) in [5, 5.41) is 11.1. The fourth-order valence-electron chi connectivity index (χ4n) is 16.4. The van der Waals surface area contributed by atoms with E-state index < -0.39 is 0 Å². The van der Waals surface area contributed by atoms with Crippen LogP contribution in [0.15, 0.2) is 11.6 Å². The SMILES string of the molecule is CCCCCCCCCCCCCCCCCCCCCCCCCCCCCC(=O)O[C@@H]1CC[C@]2(C)[C@H]3CC=C4[C@H]5CC(C)(C)CC[C@]5(CO)[C@@H](C)C[C@@]4(C)[C@]3(C)CC[C@H]2C1(C)C. The Balaban J connectivity index is 0.894. The van der Waals surface area contributed by atoms with Gasteiger partial charge >= 0.3 is 5.97 Å². The monoisotopic (exact) mass is 891 g/mol. The molecule has 0 radical (unpaired) electrons. The Morgan fingerprint density at radius 1 is 0.594 bits per heavy atom. The van der Waals surface area contributed by atoms with Crippen LogP contribution < -0.4 is 0 Å². The van der Waals surface area contributed by atoms with Gasteiger partial charge in [0.1, 0.15) is 6.10 Å². The highest BCUT2D eigenvalue weighted by molar-refractivity contribution is 5.69. The number of aliphatic hydroxyl groups excluding tert-OH is 1. The average Bonchev–Trinajstić information content (AvgIpc) is 3.24. The molecule has 3 heteroatoms. The van der Waals surface area contributed by atoms with Crippen molar-refractivity contribution in [1.29, 1.82) is 0 Å². The van der Waals surface area contributed by atoms with Gasteiger partial charge in [-0.1, -0.05) is 241 Å². The Morgan fingerprint density at radius 2 is 1.06 bits per heavy atom. The second-order valence-corrected chi connectivity index (χ2v) is 26.0. The van der Waals surface area contributed by atoms with E-state index in [0.29, 0.717) is 42.1 Å². The van der Waals surface area contributed by atoms with Crippen molar-refractivity contribution in [3.05, 3.63) is 11.6 Å². The Kier molecular flexibility index (Phi) is 21.3. The lowest BCUT2D eigenvalue weighted by molar-refractivity contribution is -0.217. The van der Waals surface area contributed by atoms with Crippen molar-refractivity contribution in [2.45, 2.75) is 306 Å². The summed E-state index contributed by atoms with van der Waals surface area (Å²) < 4.78 is 6.47. The van der Waals surface area contributed by atoms with Crippen LogP contribution in [0.4, 0.5) is 0 Å². The Morgan fingerprint density at radius 3 is 1.53 bits per heavy atom. The van der Waals surface area contributed by atoms with Gasteiger partial charge in [0, 0.05) is 23.9 Å². The molecule has 5 rings (SSSR count). The van der Waals surface area contributed by atoms with Crippen molar-refractivity contribution in [1.82, 2.24) is 0 Å². The molecule has 0 heterocycles. The number of rotatable bonds is 30. The smallest absolute Gasteiger partial charge is 0.306 e. The standard InChI is InChI=1S/C61H110O3/c1-10-11-12-13-14-15-16-17-18-19-20-21-22-23-24-25-26-27-28-29-30-31-32-33-34-35-36-37-55(63)64-54-41-42-58(7)52(57(54,5)6)40-43-59(8)53(58)39-38-50-51-47-56(3,4)44-45-61(51,48-62)49(2)46-60(50,59)9/h38,49,51-54,62H,10-37,39-48H2,1-9H3/t49-,51+,52-,53+,54+,58-,59+,60+,61-/m0/s1. The lowest BCUT2D eigenvalue weighted by Crippen LogP contribution is -2.66. The van der Waals surface area contributed by atoms with Crippen LogP contribution in [0.25, 0.3) is 0 Å². The first-order valence-electron chi connectivity index (χ1n) is 29.1. The van der Waals surface area contributed by atoms with Gasteiger partial charge in [0.25, 0.3) is 0 Å². The highest BCUT2D eigenvalue weighted by Crippen LogP contribution is 2.76. The zero-order valence-electron chi connectivity index (χ0n) is 44.6. The summed E-state index contributed by atoms with van der Waals surface area (Å²) in [5.74, 6) is 2.31. The van der Waals surface area contributed by atoms with Crippen LogP contribution in [0.1, 0.15) is 300 Å². The molecule has 0 unspecified atom stereocenters. The van der Waals surface area contributed by atoms with E-state index in [1.165, 1.54) is 212 Å². The number of fused-ring (bicyclic) bond motifs is 7. The van der Waals surface area contributed by atoms with Gasteiger partial charge in [-0.15, -0.1) is 0 Å². The quantitative estimate of drug-likeness (QED) is 0.0444. The van der Waals surface area contributed by atoms with E-state index in [9.17, 15) is 9.90 Å². The van der Waals surface area contributed by atoms with Crippen LogP contribution in [-0.2, 0) is 9.53 Å². The lowest BCUT2D eigenvalue weighted by Gasteiger charge is -2.72. The van der Waals surface area contributed by atoms with E-state index in [0.717, 1.165) is 19.3 Å². The minimum Gasteiger partial charge on any atom is -0.462 e. The van der Waals surface area contributed by atoms with Gasteiger partial charge < -0.3 is 9.84 Å². The van der Waals surface area contributed by atoms with Crippen molar-refractivity contribution < 1.29 is 14.6 Å². The Hall–Kier alpha value is -0.830. The molecule has 5 aliphatic carbocycles. The van der Waals surface area contributed by atoms with Crippen molar-refractivity contribution in [3.63, 3.8) is 0 Å². The molecule has 9 atom stereocenters. The number of hydrogen-bond donors (Lipinski definition) is 1. The maximum Gasteiger partial charge on any atom is 0.306 e. The van der Waals surface area contributed by atoms with E-state index in [2.05, 4.69) is 68.4 Å². The van der Waals surface area contributed by atoms with E-state index >= 15 is 0 Å². The first kappa shape index (κ1) is 54.1. The highest BCUT2D eigenvalue weighted by Gasteiger charge is 2.69. The first-order chi connectivity index (χ1) is 30.6. The molecule has 64 heavy (non-hydrogen) atoms. The van der Waals surface area contributed by atoms with Crippen molar-refractivity contribution in [2.75, 3.05) is 6.61 Å². The number of allylic oxidation sites excluding steroid dienone is 2. The number of carbonyl (C=O) groups excluding carboxylic acids is 1. The molecule has 0 aromatic carbocycles. The molecule has 0 saturated heterocycles. The van der Waals surface area contributed by atoms with E-state index in [4.69, 9.17) is 4.74 Å². The third kappa shape index (κ3) is 13.1. The van der Waals surface area contributed by atoms with Crippen LogP contribution in [0.3, 0.4) is 0 Å². The number of esters is 1. The molecule has 0 aliphatic heterocycles. The third-order valence-corrected chi connectivity index (χ3v) is 20.8. The van der Waals surface area contributed by atoms with Gasteiger partial charge in [-0.05, 0) is 110 Å². The molecule has 0 bridgehead atoms. The van der Waals surface area contributed by atoms with Crippen LogP contribution in [-0.4, -0.2) is 23.8 Å². The molecular formula is C61H110O3. The maximum absolute atomic E-state index is 13.4. The van der Waals surface area contributed by atoms with Gasteiger partial charge in [0.2, 0.25) is 0 Å². The fourth-order valence-corrected chi connectivity index (χ4v) is 16.4. The summed E-state index contributed by atoms with van der Waals surface area (Å²) in [4.78, 5) is 13.4. The topological polar surface area (TPSA) is 46.5 Å². The summed E-state index contributed by atoms with van der Waals surface area (Å²) in [5.41, 5.74) is 2.79. The van der Waals surface area contributed by atoms with Gasteiger partial charge in [0.05, 0.1) is 0 Å². The van der Waals surface area contributed by atoms with E-state index in [1.807, 2.05) is 0 Å². The average molecular weight is 892 g/mol. The molecule has 3 nitrogen and oxygen atoms in total. The van der Waals surface area contributed by atoms with Crippen molar-refractivity contribution >= 4 is 5.97 Å². The predicted octanol–water partition coefficient (Wildman–Crippen LogP) is 18.9. The van der Waals surface area contributed by atoms with Crippen LogP contribution in [0, 0.1) is 56.2 Å². The summed E-state index contributed by atoms with van der Waals surface area (Å²) in [6, 6.07) is 0. The normalized spacial score (nSPS) is 34.0. The zero-order chi connectivity index (χ0) is 46.3. The summed E-state index contributed by atoms with van der Waals surface area (Å²) in [6.07, 6.45) is 52.0. The molecule has 0 aromatic rings. The molecule has 4 fully saturated rings. The maximum atomic E-state index is 13.4. The number of carbonyl (C=O) groups is 1. The van der Waals surface area contributed by atoms with Gasteiger partial charge in [0.15, 0.2) is 0 Å². The Labute approximate surface area is 399 Å². The molecule has 0 amide bonds. The van der Waals surface area contributed by atoms with Crippen molar-refractivity contribution in [2.24, 2.45) is 56.2 Å². The number of ether oxygens (including phenoxy) is 1. The van der Waals surface area contributed by atoms with E-state index in [1.54, 1.807) is 5.57 Å². The fraction of sp³-hybridized carbons (Fsp3) is 0.951. The summed E-state index contributed by atoms with van der Waals surface area (Å²) >= 11 is 0. The molecule has 0 spiro atoms. The van der Waals surface area contributed by atoms with Gasteiger partial charge in [-0.25, -0.2) is 0 Å². The molecule has 4 saturated carbocycles. The third-order valence-electron chi connectivity index (χ3n) is 20.8. The molecule has 5 aliphatic rings. The number of hydrogen-bond acceptors (Lipinski definition) is 3. The molecular weight excluding hydrogens is 781 g/mol. The van der Waals surface area contributed by atoms with Crippen LogP contribution in [0.2, 0.25) is 0 Å². The van der Waals surface area contributed by atoms with Gasteiger partial charge in [-0.2, -0.15) is 0 Å².